The zero-order valence-electron chi connectivity index (χ0n) is 17.1. The number of carboxylic acid groups (broad SMARTS) is 1. The largest absolute Gasteiger partial charge is 0.480 e. The Hall–Kier alpha value is -3.34. The molecule has 2 aromatic carbocycles. The van der Waals surface area contributed by atoms with E-state index in [-0.39, 0.29) is 6.54 Å². The van der Waals surface area contributed by atoms with Crippen molar-refractivity contribution in [1.29, 1.82) is 0 Å². The number of hydrogen-bond acceptors (Lipinski definition) is 2. The van der Waals surface area contributed by atoms with Gasteiger partial charge in [0.05, 0.1) is 10.7 Å². The molecule has 1 N–H and O–H groups in total. The molecule has 0 bridgehead atoms. The summed E-state index contributed by atoms with van der Waals surface area (Å²) < 4.78 is 1.61. The molecule has 0 atom stereocenters. The minimum absolute atomic E-state index is 0.219. The lowest BCUT2D eigenvalue weighted by Crippen LogP contribution is -2.09. The molecule has 1 aliphatic rings. The molecule has 4 nitrogen and oxygen atoms in total. The molecule has 32 heavy (non-hydrogen) atoms. The summed E-state index contributed by atoms with van der Waals surface area (Å²) in [6.45, 7) is 3.97. The SMILES string of the molecule is C=C1/C=C\C=C/C/C(=C\c2nc(-c3ccc(Cl)cc3Cl)cn2CC(=O)O)c2ccccc21. The quantitative estimate of drug-likeness (QED) is 0.453. The second-order valence-corrected chi connectivity index (χ2v) is 8.21. The lowest BCUT2D eigenvalue weighted by Gasteiger charge is -2.12. The molecule has 6 heteroatoms. The second-order valence-electron chi connectivity index (χ2n) is 7.36. The van der Waals surface area contributed by atoms with E-state index in [1.54, 1.807) is 29.0 Å². The van der Waals surface area contributed by atoms with Crippen molar-refractivity contribution in [1.82, 2.24) is 9.55 Å². The molecule has 1 aromatic heterocycles. The number of fused-ring (bicyclic) bond motifs is 1. The predicted molar refractivity (Wildman–Crippen MR) is 132 cm³/mol. The third-order valence-corrected chi connectivity index (χ3v) is 5.67. The van der Waals surface area contributed by atoms with Gasteiger partial charge < -0.3 is 9.67 Å². The molecule has 0 amide bonds. The van der Waals surface area contributed by atoms with Crippen LogP contribution >= 0.6 is 23.2 Å². The molecule has 0 spiro atoms. The number of imidazole rings is 1. The van der Waals surface area contributed by atoms with Crippen molar-refractivity contribution in [2.45, 2.75) is 13.0 Å². The maximum Gasteiger partial charge on any atom is 0.323 e. The molecular weight excluding hydrogens is 443 g/mol. The van der Waals surface area contributed by atoms with Gasteiger partial charge in [-0.05, 0) is 53.0 Å². The summed E-state index contributed by atoms with van der Waals surface area (Å²) in [5, 5.41) is 10.4. The van der Waals surface area contributed by atoms with Crippen molar-refractivity contribution < 1.29 is 9.90 Å². The number of carboxylic acids is 1. The summed E-state index contributed by atoms with van der Waals surface area (Å²) in [6, 6.07) is 13.2. The summed E-state index contributed by atoms with van der Waals surface area (Å²) in [5.41, 5.74) is 5.24. The molecule has 1 aliphatic carbocycles. The fourth-order valence-corrected chi connectivity index (χ4v) is 4.13. The molecule has 3 aromatic rings. The molecule has 0 saturated heterocycles. The van der Waals surface area contributed by atoms with Gasteiger partial charge >= 0.3 is 5.97 Å². The Morgan fingerprint density at radius 2 is 1.91 bits per heavy atom. The van der Waals surface area contributed by atoms with Crippen molar-refractivity contribution in [3.8, 4) is 11.3 Å². The second kappa shape index (κ2) is 9.43. The number of rotatable bonds is 4. The summed E-state index contributed by atoms with van der Waals surface area (Å²) >= 11 is 12.4. The van der Waals surface area contributed by atoms with Crippen LogP contribution in [0.15, 0.2) is 79.5 Å². The Morgan fingerprint density at radius 1 is 1.12 bits per heavy atom. The van der Waals surface area contributed by atoms with Crippen molar-refractivity contribution in [3.63, 3.8) is 0 Å². The number of aliphatic carboxylic acids is 1. The van der Waals surface area contributed by atoms with Crippen molar-refractivity contribution in [2.24, 2.45) is 0 Å². The predicted octanol–water partition coefficient (Wildman–Crippen LogP) is 7.01. The summed E-state index contributed by atoms with van der Waals surface area (Å²) in [5.74, 6) is -0.424. The van der Waals surface area contributed by atoms with E-state index in [4.69, 9.17) is 28.2 Å². The standard InChI is InChI=1S/C26H20Cl2N2O2/c1-17-7-3-2-4-8-18(21-10-6-5-9-20(17)21)13-25-29-24(15-30(25)16-26(31)32)22-12-11-19(27)14-23(22)28/h2-7,9-15H,1,8,16H2,(H,31,32)/b4-2-,7-3-,18-13+. The molecular formula is C26H20Cl2N2O2. The first-order valence-corrected chi connectivity index (χ1v) is 10.7. The van der Waals surface area contributed by atoms with Crippen LogP contribution in [0, 0.1) is 0 Å². The van der Waals surface area contributed by atoms with E-state index in [9.17, 15) is 9.90 Å². The third kappa shape index (κ3) is 4.77. The minimum Gasteiger partial charge on any atom is -0.480 e. The van der Waals surface area contributed by atoms with Gasteiger partial charge in [0.25, 0.3) is 0 Å². The molecule has 1 heterocycles. The highest BCUT2D eigenvalue weighted by Gasteiger charge is 2.16. The molecule has 0 aliphatic heterocycles. The van der Waals surface area contributed by atoms with E-state index >= 15 is 0 Å². The molecule has 0 fully saturated rings. The fraction of sp³-hybridized carbons (Fsp3) is 0.0769. The lowest BCUT2D eigenvalue weighted by atomic mass is 9.93. The van der Waals surface area contributed by atoms with Crippen molar-refractivity contribution in [3.05, 3.63) is 107 Å². The van der Waals surface area contributed by atoms with Gasteiger partial charge in [0.15, 0.2) is 0 Å². The Kier molecular flexibility index (Phi) is 6.45. The highest BCUT2D eigenvalue weighted by atomic mass is 35.5. The average molecular weight is 463 g/mol. The molecule has 0 saturated carbocycles. The van der Waals surface area contributed by atoms with Gasteiger partial charge in [0, 0.05) is 16.8 Å². The van der Waals surface area contributed by atoms with Crippen LogP contribution < -0.4 is 0 Å². The molecule has 160 valence electrons. The van der Waals surface area contributed by atoms with E-state index in [0.717, 1.165) is 22.3 Å². The topological polar surface area (TPSA) is 55.1 Å². The van der Waals surface area contributed by atoms with E-state index in [1.807, 2.05) is 48.6 Å². The van der Waals surface area contributed by atoms with Gasteiger partial charge in [-0.1, -0.05) is 78.4 Å². The molecule has 0 unspecified atom stereocenters. The number of benzene rings is 2. The number of carbonyl (C=O) groups is 1. The van der Waals surface area contributed by atoms with Crippen LogP contribution in [0.25, 0.3) is 28.5 Å². The smallest absolute Gasteiger partial charge is 0.323 e. The van der Waals surface area contributed by atoms with E-state index < -0.39 is 5.97 Å². The van der Waals surface area contributed by atoms with Crippen molar-refractivity contribution >= 4 is 46.4 Å². The monoisotopic (exact) mass is 462 g/mol. The first-order chi connectivity index (χ1) is 15.4. The van der Waals surface area contributed by atoms with E-state index in [1.165, 1.54) is 0 Å². The summed E-state index contributed by atoms with van der Waals surface area (Å²) in [6.07, 6.45) is 12.3. The van der Waals surface area contributed by atoms with E-state index in [2.05, 4.69) is 12.7 Å². The Labute approximate surface area is 196 Å². The Morgan fingerprint density at radius 3 is 2.66 bits per heavy atom. The van der Waals surface area contributed by atoms with Gasteiger partial charge in [-0.25, -0.2) is 4.98 Å². The fourth-order valence-electron chi connectivity index (χ4n) is 3.63. The zero-order chi connectivity index (χ0) is 22.7. The number of allylic oxidation sites excluding steroid dienone is 6. The van der Waals surface area contributed by atoms with Crippen LogP contribution in [-0.4, -0.2) is 20.6 Å². The molecule has 0 radical (unpaired) electrons. The minimum atomic E-state index is -0.955. The Balaban J connectivity index is 1.87. The normalized spacial score (nSPS) is 16.7. The number of aromatic nitrogens is 2. The lowest BCUT2D eigenvalue weighted by molar-refractivity contribution is -0.137. The molecule has 4 rings (SSSR count). The van der Waals surface area contributed by atoms with E-state index in [0.29, 0.717) is 33.5 Å². The van der Waals surface area contributed by atoms with Crippen LogP contribution in [0.4, 0.5) is 0 Å². The van der Waals surface area contributed by atoms with Crippen LogP contribution in [0.1, 0.15) is 23.4 Å². The summed E-state index contributed by atoms with van der Waals surface area (Å²) in [4.78, 5) is 16.2. The van der Waals surface area contributed by atoms with Crippen LogP contribution in [0.5, 0.6) is 0 Å². The van der Waals surface area contributed by atoms with Gasteiger partial charge in [-0.2, -0.15) is 0 Å². The van der Waals surface area contributed by atoms with Crippen LogP contribution in [0.3, 0.4) is 0 Å². The first kappa shape index (κ1) is 21.9. The van der Waals surface area contributed by atoms with Gasteiger partial charge in [-0.15, -0.1) is 0 Å². The summed E-state index contributed by atoms with van der Waals surface area (Å²) in [7, 11) is 0. The third-order valence-electron chi connectivity index (χ3n) is 5.12. The van der Waals surface area contributed by atoms with Crippen LogP contribution in [0.2, 0.25) is 10.0 Å². The van der Waals surface area contributed by atoms with Gasteiger partial charge in [-0.3, -0.25) is 4.79 Å². The number of halogens is 2. The zero-order valence-corrected chi connectivity index (χ0v) is 18.6. The number of nitrogens with zero attached hydrogens (tertiary/aromatic N) is 2. The highest BCUT2D eigenvalue weighted by Crippen LogP contribution is 2.33. The first-order valence-electron chi connectivity index (χ1n) is 9.99. The maximum atomic E-state index is 11.5. The maximum absolute atomic E-state index is 11.5. The van der Waals surface area contributed by atoms with Gasteiger partial charge in [0.2, 0.25) is 0 Å². The van der Waals surface area contributed by atoms with Crippen LogP contribution in [-0.2, 0) is 11.3 Å². The van der Waals surface area contributed by atoms with Crippen molar-refractivity contribution in [2.75, 3.05) is 0 Å². The van der Waals surface area contributed by atoms with Gasteiger partial charge in [0.1, 0.15) is 12.4 Å². The highest BCUT2D eigenvalue weighted by molar-refractivity contribution is 6.36. The number of hydrogen-bond donors (Lipinski definition) is 1. The Bertz CT molecular complexity index is 1300. The average Bonchev–Trinajstić information content (AvgIpc) is 3.15.